The number of fused-ring (bicyclic) bond motifs is 6. The molecular formula is C26H26N2O3. The molecule has 5 nitrogen and oxygen atoms in total. The van der Waals surface area contributed by atoms with Crippen molar-refractivity contribution in [1.29, 1.82) is 0 Å². The SMILES string of the molecule is O=C1[C@H]2[C@H](COCc3ccccc3)OC=C[C@H]2C[C@H]2c3[nH]c4ccccc4c3CCN12. The summed E-state index contributed by atoms with van der Waals surface area (Å²) in [6.45, 7) is 1.71. The molecule has 1 fully saturated rings. The van der Waals surface area contributed by atoms with E-state index in [1.165, 1.54) is 22.2 Å². The van der Waals surface area contributed by atoms with Crippen molar-refractivity contribution in [2.45, 2.75) is 31.6 Å². The number of nitrogens with zero attached hydrogens (tertiary/aromatic N) is 1. The number of carbonyl (C=O) groups is 1. The molecule has 0 spiro atoms. The van der Waals surface area contributed by atoms with Crippen molar-refractivity contribution in [2.24, 2.45) is 11.8 Å². The summed E-state index contributed by atoms with van der Waals surface area (Å²) in [6.07, 6.45) is 5.42. The van der Waals surface area contributed by atoms with Crippen molar-refractivity contribution in [3.05, 3.63) is 83.8 Å². The number of hydrogen-bond acceptors (Lipinski definition) is 3. The topological polar surface area (TPSA) is 54.6 Å². The van der Waals surface area contributed by atoms with E-state index in [1.54, 1.807) is 6.26 Å². The summed E-state index contributed by atoms with van der Waals surface area (Å²) in [5.41, 5.74) is 4.89. The van der Waals surface area contributed by atoms with Gasteiger partial charge in [-0.2, -0.15) is 0 Å². The van der Waals surface area contributed by atoms with Gasteiger partial charge in [0.25, 0.3) is 0 Å². The van der Waals surface area contributed by atoms with Crippen LogP contribution in [0, 0.1) is 11.8 Å². The monoisotopic (exact) mass is 414 g/mol. The van der Waals surface area contributed by atoms with E-state index < -0.39 is 0 Å². The molecule has 4 atom stereocenters. The number of benzene rings is 2. The zero-order valence-electron chi connectivity index (χ0n) is 17.4. The predicted octanol–water partition coefficient (Wildman–Crippen LogP) is 4.36. The Labute approximate surface area is 181 Å². The molecule has 0 unspecified atom stereocenters. The van der Waals surface area contributed by atoms with Crippen LogP contribution in [-0.4, -0.2) is 35.0 Å². The number of ether oxygens (including phenoxy) is 2. The minimum absolute atomic E-state index is 0.110. The molecule has 0 saturated carbocycles. The van der Waals surface area contributed by atoms with E-state index in [0.717, 1.165) is 24.9 Å². The molecule has 158 valence electrons. The third-order valence-electron chi connectivity index (χ3n) is 7.06. The number of amides is 1. The van der Waals surface area contributed by atoms with Crippen molar-refractivity contribution in [3.63, 3.8) is 0 Å². The van der Waals surface area contributed by atoms with Gasteiger partial charge in [0.1, 0.15) is 6.10 Å². The van der Waals surface area contributed by atoms with Gasteiger partial charge in [-0.15, -0.1) is 0 Å². The Kier molecular flexibility index (Phi) is 4.57. The summed E-state index contributed by atoms with van der Waals surface area (Å²) in [6, 6.07) is 18.7. The molecule has 1 saturated heterocycles. The summed E-state index contributed by atoms with van der Waals surface area (Å²) >= 11 is 0. The second-order valence-corrected chi connectivity index (χ2v) is 8.79. The van der Waals surface area contributed by atoms with E-state index in [0.29, 0.717) is 13.2 Å². The quantitative estimate of drug-likeness (QED) is 0.690. The molecule has 6 rings (SSSR count). The summed E-state index contributed by atoms with van der Waals surface area (Å²) in [4.78, 5) is 19.3. The number of aromatic nitrogens is 1. The van der Waals surface area contributed by atoms with Crippen molar-refractivity contribution >= 4 is 16.8 Å². The number of aromatic amines is 1. The number of para-hydroxylation sites is 1. The Hall–Kier alpha value is -3.05. The first-order chi connectivity index (χ1) is 15.3. The Morgan fingerprint density at radius 3 is 2.84 bits per heavy atom. The van der Waals surface area contributed by atoms with Gasteiger partial charge in [-0.1, -0.05) is 48.5 Å². The van der Waals surface area contributed by atoms with E-state index in [4.69, 9.17) is 9.47 Å². The molecule has 0 bridgehead atoms. The number of piperidine rings is 1. The average molecular weight is 415 g/mol. The maximum absolute atomic E-state index is 13.6. The molecule has 2 aromatic carbocycles. The van der Waals surface area contributed by atoms with Gasteiger partial charge < -0.3 is 19.4 Å². The lowest BCUT2D eigenvalue weighted by atomic mass is 9.75. The van der Waals surface area contributed by atoms with Crippen LogP contribution in [-0.2, 0) is 27.3 Å². The smallest absolute Gasteiger partial charge is 0.230 e. The van der Waals surface area contributed by atoms with Gasteiger partial charge >= 0.3 is 0 Å². The van der Waals surface area contributed by atoms with Gasteiger partial charge in [0, 0.05) is 23.1 Å². The van der Waals surface area contributed by atoms with Crippen LogP contribution in [0.3, 0.4) is 0 Å². The first-order valence-corrected chi connectivity index (χ1v) is 11.1. The first-order valence-electron chi connectivity index (χ1n) is 11.1. The lowest BCUT2D eigenvalue weighted by Crippen LogP contribution is -2.55. The number of hydrogen-bond donors (Lipinski definition) is 1. The van der Waals surface area contributed by atoms with E-state index >= 15 is 0 Å². The van der Waals surface area contributed by atoms with Crippen molar-refractivity contribution in [3.8, 4) is 0 Å². The van der Waals surface area contributed by atoms with E-state index in [1.807, 2.05) is 30.3 Å². The minimum Gasteiger partial charge on any atom is -0.495 e. The minimum atomic E-state index is -0.240. The molecule has 4 heterocycles. The van der Waals surface area contributed by atoms with Gasteiger partial charge in [0.05, 0.1) is 31.4 Å². The fourth-order valence-corrected chi connectivity index (χ4v) is 5.58. The lowest BCUT2D eigenvalue weighted by molar-refractivity contribution is -0.155. The number of carbonyl (C=O) groups excluding carboxylic acids is 1. The average Bonchev–Trinajstić information content (AvgIpc) is 3.19. The molecule has 1 N–H and O–H groups in total. The van der Waals surface area contributed by atoms with Crippen LogP contribution >= 0.6 is 0 Å². The highest BCUT2D eigenvalue weighted by atomic mass is 16.5. The fourth-order valence-electron chi connectivity index (χ4n) is 5.58. The van der Waals surface area contributed by atoms with E-state index in [2.05, 4.69) is 40.2 Å². The van der Waals surface area contributed by atoms with Crippen LogP contribution in [0.5, 0.6) is 0 Å². The van der Waals surface area contributed by atoms with Gasteiger partial charge in [-0.05, 0) is 42.0 Å². The molecule has 1 amide bonds. The van der Waals surface area contributed by atoms with Crippen LogP contribution in [0.15, 0.2) is 66.9 Å². The fraction of sp³-hybridized carbons (Fsp3) is 0.346. The second kappa shape index (κ2) is 7.57. The maximum atomic E-state index is 13.6. The third-order valence-corrected chi connectivity index (χ3v) is 7.06. The zero-order chi connectivity index (χ0) is 20.8. The number of H-pyrrole nitrogens is 1. The summed E-state index contributed by atoms with van der Waals surface area (Å²) in [5.74, 6) is 0.191. The third kappa shape index (κ3) is 3.15. The standard InChI is InChI=1S/C26H26N2O3/c29-26-24-18(11-13-31-23(24)16-30-15-17-6-2-1-3-7-17)14-22-25-20(10-12-28(22)26)19-8-4-5-9-21(19)27-25/h1-9,11,13,18,22-24,27H,10,12,14-16H2/t18-,22-,23-,24+/m0/s1. The molecule has 3 aliphatic heterocycles. The molecule has 31 heavy (non-hydrogen) atoms. The van der Waals surface area contributed by atoms with Crippen LogP contribution in [0.2, 0.25) is 0 Å². The van der Waals surface area contributed by atoms with Crippen molar-refractivity contribution < 1.29 is 14.3 Å². The summed E-state index contributed by atoms with van der Waals surface area (Å²) < 4.78 is 11.8. The molecule has 5 heteroatoms. The van der Waals surface area contributed by atoms with Crippen LogP contribution in [0.4, 0.5) is 0 Å². The predicted molar refractivity (Wildman–Crippen MR) is 118 cm³/mol. The van der Waals surface area contributed by atoms with Crippen LogP contribution in [0.25, 0.3) is 10.9 Å². The van der Waals surface area contributed by atoms with Gasteiger partial charge in [0.2, 0.25) is 5.91 Å². The number of nitrogens with one attached hydrogen (secondary N) is 1. The second-order valence-electron chi connectivity index (χ2n) is 8.79. The molecule has 0 radical (unpaired) electrons. The molecule has 3 aliphatic rings. The van der Waals surface area contributed by atoms with Crippen molar-refractivity contribution in [1.82, 2.24) is 9.88 Å². The van der Waals surface area contributed by atoms with Crippen LogP contribution < -0.4 is 0 Å². The Bertz CT molecular complexity index is 1140. The number of rotatable bonds is 4. The largest absolute Gasteiger partial charge is 0.495 e. The van der Waals surface area contributed by atoms with Crippen LogP contribution in [0.1, 0.15) is 29.3 Å². The summed E-state index contributed by atoms with van der Waals surface area (Å²) in [7, 11) is 0. The Balaban J connectivity index is 1.23. The molecule has 1 aromatic heterocycles. The number of allylic oxidation sites excluding steroid dienone is 1. The molecule has 3 aromatic rings. The van der Waals surface area contributed by atoms with E-state index in [-0.39, 0.29) is 29.9 Å². The van der Waals surface area contributed by atoms with Gasteiger partial charge in [-0.25, -0.2) is 0 Å². The first kappa shape index (κ1) is 18.7. The molecular weight excluding hydrogens is 388 g/mol. The highest BCUT2D eigenvalue weighted by Crippen LogP contribution is 2.46. The van der Waals surface area contributed by atoms with Crippen molar-refractivity contribution in [2.75, 3.05) is 13.2 Å². The highest BCUT2D eigenvalue weighted by Gasteiger charge is 2.49. The van der Waals surface area contributed by atoms with Gasteiger partial charge in [0.15, 0.2) is 0 Å². The summed E-state index contributed by atoms with van der Waals surface area (Å²) in [5, 5.41) is 1.29. The molecule has 0 aliphatic carbocycles. The van der Waals surface area contributed by atoms with E-state index in [9.17, 15) is 4.79 Å². The Morgan fingerprint density at radius 2 is 1.94 bits per heavy atom. The normalized spacial score (nSPS) is 26.8. The lowest BCUT2D eigenvalue weighted by Gasteiger charge is -2.47. The van der Waals surface area contributed by atoms with Gasteiger partial charge in [-0.3, -0.25) is 4.79 Å². The Morgan fingerprint density at radius 1 is 1.10 bits per heavy atom. The zero-order valence-corrected chi connectivity index (χ0v) is 17.4. The highest BCUT2D eigenvalue weighted by molar-refractivity contribution is 5.87. The maximum Gasteiger partial charge on any atom is 0.230 e.